The zero-order valence-electron chi connectivity index (χ0n) is 5.89. The van der Waals surface area contributed by atoms with Crippen LogP contribution in [-0.4, -0.2) is 14.8 Å². The molecule has 0 radical (unpaired) electrons. The average Bonchev–Trinajstić information content (AvgIpc) is 2.49. The van der Waals surface area contributed by atoms with Crippen molar-refractivity contribution < 1.29 is 5.11 Å². The maximum atomic E-state index is 9.68. The Morgan fingerprint density at radius 2 is 1.92 bits per heavy atom. The van der Waals surface area contributed by atoms with E-state index in [9.17, 15) is 5.11 Å². The van der Waals surface area contributed by atoms with Gasteiger partial charge in [-0.15, -0.1) is 23.5 Å². The zero-order valence-corrected chi connectivity index (χ0v) is 7.52. The first-order valence-corrected chi connectivity index (χ1v) is 5.01. The fourth-order valence-corrected chi connectivity index (χ4v) is 4.02. The van der Waals surface area contributed by atoms with Crippen LogP contribution in [0.4, 0.5) is 0 Å². The smallest absolute Gasteiger partial charge is 0.195 e. The van der Waals surface area contributed by atoms with Crippen LogP contribution in [0.1, 0.15) is 0 Å². The lowest BCUT2D eigenvalue weighted by atomic mass is 10.3. The summed E-state index contributed by atoms with van der Waals surface area (Å²) in [5, 5.41) is 30.7. The molecule has 0 bridgehead atoms. The summed E-state index contributed by atoms with van der Waals surface area (Å²) >= 11 is 2.72. The zero-order chi connectivity index (χ0) is 8.82. The quantitative estimate of drug-likeness (QED) is 0.586. The first kappa shape index (κ1) is 8.00. The van der Waals surface area contributed by atoms with Crippen LogP contribution in [-0.2, 0) is 0 Å². The van der Waals surface area contributed by atoms with Gasteiger partial charge in [-0.2, -0.15) is 10.5 Å². The van der Waals surface area contributed by atoms with E-state index in [1.54, 1.807) is 6.07 Å². The summed E-state index contributed by atoms with van der Waals surface area (Å²) in [6.45, 7) is 0. The van der Waals surface area contributed by atoms with Crippen LogP contribution in [0.5, 0.6) is 0 Å². The molecule has 12 heavy (non-hydrogen) atoms. The Bertz CT molecular complexity index is 332. The van der Waals surface area contributed by atoms with Gasteiger partial charge in [0, 0.05) is 0 Å². The monoisotopic (exact) mass is 196 g/mol. The second-order valence-corrected chi connectivity index (χ2v) is 5.18. The molecule has 0 aromatic carbocycles. The summed E-state index contributed by atoms with van der Waals surface area (Å²) in [5.41, 5.74) is -1.46. The predicted octanol–water partition coefficient (Wildman–Crippen LogP) is 1.04. The minimum Gasteiger partial charge on any atom is -0.372 e. The van der Waals surface area contributed by atoms with Crippen molar-refractivity contribution in [3.63, 3.8) is 0 Å². The molecule has 2 atom stereocenters. The Labute approximate surface area is 78.1 Å². The van der Waals surface area contributed by atoms with E-state index in [4.69, 9.17) is 10.5 Å². The highest BCUT2D eigenvalue weighted by Crippen LogP contribution is 2.71. The summed E-state index contributed by atoms with van der Waals surface area (Å²) < 4.78 is -0.628. The molecule has 5 heteroatoms. The molecule has 60 valence electrons. The van der Waals surface area contributed by atoms with Gasteiger partial charge in [-0.3, -0.25) is 0 Å². The summed E-state index contributed by atoms with van der Waals surface area (Å²) in [4.78, 5) is 0. The molecule has 2 aliphatic rings. The number of hydrogen-bond acceptors (Lipinski definition) is 5. The Hall–Kier alpha value is -0.620. The van der Waals surface area contributed by atoms with Gasteiger partial charge in [0.15, 0.2) is 5.60 Å². The lowest BCUT2D eigenvalue weighted by Crippen LogP contribution is -2.15. The molecule has 2 rings (SSSR count). The molecule has 0 saturated heterocycles. The van der Waals surface area contributed by atoms with E-state index >= 15 is 0 Å². The number of thioether (sulfide) groups is 2. The van der Waals surface area contributed by atoms with Gasteiger partial charge in [0.2, 0.25) is 0 Å². The van der Waals surface area contributed by atoms with E-state index in [1.165, 1.54) is 23.5 Å². The van der Waals surface area contributed by atoms with Gasteiger partial charge in [-0.25, -0.2) is 0 Å². The molecule has 1 aliphatic heterocycles. The van der Waals surface area contributed by atoms with E-state index in [1.807, 2.05) is 16.9 Å². The molecule has 0 aromatic rings. The van der Waals surface area contributed by atoms with Crippen LogP contribution >= 0.6 is 23.5 Å². The molecule has 1 spiro atoms. The molecule has 1 N–H and O–H groups in total. The van der Waals surface area contributed by atoms with Crippen molar-refractivity contribution in [1.29, 1.82) is 10.5 Å². The summed E-state index contributed by atoms with van der Waals surface area (Å²) in [6.07, 6.45) is 0. The first-order valence-electron chi connectivity index (χ1n) is 3.25. The largest absolute Gasteiger partial charge is 0.372 e. The van der Waals surface area contributed by atoms with Crippen molar-refractivity contribution in [2.75, 3.05) is 0 Å². The van der Waals surface area contributed by atoms with Gasteiger partial charge in [-0.1, -0.05) is 0 Å². The SMILES string of the molecule is N#CC1C(O)(C#N)C12SC=CS2. The highest BCUT2D eigenvalue weighted by atomic mass is 32.2. The molecular formula is C7H4N2OS2. The van der Waals surface area contributed by atoms with Gasteiger partial charge in [0.1, 0.15) is 16.1 Å². The van der Waals surface area contributed by atoms with Crippen molar-refractivity contribution in [1.82, 2.24) is 0 Å². The third-order valence-corrected chi connectivity index (χ3v) is 5.18. The number of nitrogens with zero attached hydrogens (tertiary/aromatic N) is 2. The maximum Gasteiger partial charge on any atom is 0.195 e. The summed E-state index contributed by atoms with van der Waals surface area (Å²) in [6, 6.07) is 3.76. The highest BCUT2D eigenvalue weighted by Gasteiger charge is 2.80. The van der Waals surface area contributed by atoms with Gasteiger partial charge < -0.3 is 5.11 Å². The van der Waals surface area contributed by atoms with Crippen molar-refractivity contribution in [2.24, 2.45) is 5.92 Å². The number of nitriles is 2. The Morgan fingerprint density at radius 1 is 1.33 bits per heavy atom. The third kappa shape index (κ3) is 0.628. The van der Waals surface area contributed by atoms with Gasteiger partial charge in [-0.05, 0) is 10.8 Å². The highest BCUT2D eigenvalue weighted by molar-refractivity contribution is 8.24. The van der Waals surface area contributed by atoms with Crippen LogP contribution < -0.4 is 0 Å². The van der Waals surface area contributed by atoms with Gasteiger partial charge in [0.05, 0.1) is 6.07 Å². The lowest BCUT2D eigenvalue weighted by molar-refractivity contribution is 0.198. The Kier molecular flexibility index (Phi) is 1.47. The van der Waals surface area contributed by atoms with Crippen molar-refractivity contribution >= 4 is 23.5 Å². The second-order valence-electron chi connectivity index (χ2n) is 2.62. The average molecular weight is 196 g/mol. The maximum absolute atomic E-state index is 9.68. The molecule has 1 fully saturated rings. The topological polar surface area (TPSA) is 67.8 Å². The Balaban J connectivity index is 2.34. The minimum atomic E-state index is -1.46. The van der Waals surface area contributed by atoms with E-state index in [-0.39, 0.29) is 0 Å². The van der Waals surface area contributed by atoms with Crippen LogP contribution in [0, 0.1) is 28.6 Å². The van der Waals surface area contributed by atoms with Gasteiger partial charge >= 0.3 is 0 Å². The van der Waals surface area contributed by atoms with Crippen molar-refractivity contribution in [2.45, 2.75) is 9.68 Å². The first-order chi connectivity index (χ1) is 5.71. The summed E-state index contributed by atoms with van der Waals surface area (Å²) in [5.74, 6) is -0.569. The van der Waals surface area contributed by atoms with Crippen LogP contribution in [0.3, 0.4) is 0 Å². The van der Waals surface area contributed by atoms with E-state index in [0.717, 1.165) is 0 Å². The second kappa shape index (κ2) is 2.20. The normalized spacial score (nSPS) is 40.8. The Morgan fingerprint density at radius 3 is 2.25 bits per heavy atom. The van der Waals surface area contributed by atoms with E-state index in [2.05, 4.69) is 0 Å². The standard InChI is InChI=1S/C7H4N2OS2/c8-3-5-6(10,4-9)7(5)11-1-2-12-7/h1-2,5,10H. The molecule has 0 aromatic heterocycles. The molecule has 1 aliphatic carbocycles. The molecular weight excluding hydrogens is 192 g/mol. The molecule has 0 amide bonds. The van der Waals surface area contributed by atoms with Crippen LogP contribution in [0.15, 0.2) is 10.8 Å². The van der Waals surface area contributed by atoms with Gasteiger partial charge in [0.25, 0.3) is 0 Å². The van der Waals surface area contributed by atoms with Crippen molar-refractivity contribution in [3.05, 3.63) is 10.8 Å². The van der Waals surface area contributed by atoms with E-state index in [0.29, 0.717) is 0 Å². The lowest BCUT2D eigenvalue weighted by Gasteiger charge is -2.04. The fraction of sp³-hybridized carbons (Fsp3) is 0.429. The molecule has 1 saturated carbocycles. The van der Waals surface area contributed by atoms with Crippen LogP contribution in [0.25, 0.3) is 0 Å². The van der Waals surface area contributed by atoms with Crippen LogP contribution in [0.2, 0.25) is 0 Å². The number of hydrogen-bond donors (Lipinski definition) is 1. The number of aliphatic hydroxyl groups is 1. The number of rotatable bonds is 0. The fourth-order valence-electron chi connectivity index (χ4n) is 1.33. The van der Waals surface area contributed by atoms with E-state index < -0.39 is 15.6 Å². The molecule has 3 nitrogen and oxygen atoms in total. The summed E-state index contributed by atoms with van der Waals surface area (Å²) in [7, 11) is 0. The minimum absolute atomic E-state index is 0.569. The van der Waals surface area contributed by atoms with Crippen molar-refractivity contribution in [3.8, 4) is 12.1 Å². The third-order valence-electron chi connectivity index (χ3n) is 2.09. The predicted molar refractivity (Wildman–Crippen MR) is 46.7 cm³/mol. The molecule has 1 heterocycles. The molecule has 2 unspecified atom stereocenters.